The molecule has 0 saturated carbocycles. The fourth-order valence-corrected chi connectivity index (χ4v) is 1.75. The molecule has 0 aromatic heterocycles. The van der Waals surface area contributed by atoms with Gasteiger partial charge in [0.05, 0.1) is 6.04 Å². The van der Waals surface area contributed by atoms with Crippen molar-refractivity contribution in [3.8, 4) is 0 Å². The Bertz CT molecular complexity index is 141. The molecule has 1 rings (SSSR count). The normalized spacial score (nSPS) is 27.5. The number of ether oxygens (including phenoxy) is 2. The molecule has 1 heterocycles. The predicted molar refractivity (Wildman–Crippen MR) is 51.4 cm³/mol. The van der Waals surface area contributed by atoms with Crippen molar-refractivity contribution in [3.63, 3.8) is 0 Å². The predicted octanol–water partition coefficient (Wildman–Crippen LogP) is 0.0763. The van der Waals surface area contributed by atoms with E-state index in [9.17, 15) is 0 Å². The van der Waals surface area contributed by atoms with Crippen LogP contribution in [0.1, 0.15) is 20.3 Å². The van der Waals surface area contributed by atoms with Crippen LogP contribution in [0, 0.1) is 0 Å². The topological polar surface area (TPSA) is 56.5 Å². The molecule has 0 bridgehead atoms. The lowest BCUT2D eigenvalue weighted by Gasteiger charge is -2.41. The van der Waals surface area contributed by atoms with Gasteiger partial charge in [-0.2, -0.15) is 0 Å². The first-order valence-electron chi connectivity index (χ1n) is 4.99. The van der Waals surface area contributed by atoms with Crippen molar-refractivity contribution in [2.45, 2.75) is 32.1 Å². The van der Waals surface area contributed by atoms with Gasteiger partial charge >= 0.3 is 0 Å². The quantitative estimate of drug-likeness (QED) is 0.613. The molecule has 0 spiro atoms. The lowest BCUT2D eigenvalue weighted by molar-refractivity contribution is -0.253. The van der Waals surface area contributed by atoms with Gasteiger partial charge in [-0.3, -0.25) is 0 Å². The van der Waals surface area contributed by atoms with Crippen LogP contribution in [0.2, 0.25) is 0 Å². The summed E-state index contributed by atoms with van der Waals surface area (Å²) in [4.78, 5) is 0. The van der Waals surface area contributed by atoms with Crippen molar-refractivity contribution in [1.29, 1.82) is 0 Å². The van der Waals surface area contributed by atoms with Gasteiger partial charge in [0, 0.05) is 32.7 Å². The number of piperidine rings is 1. The molecular formula is C9H20N2O2. The van der Waals surface area contributed by atoms with Crippen LogP contribution in [-0.4, -0.2) is 38.1 Å². The molecule has 4 nitrogen and oxygen atoms in total. The molecule has 1 atom stereocenters. The van der Waals surface area contributed by atoms with Crippen LogP contribution in [0.3, 0.4) is 0 Å². The summed E-state index contributed by atoms with van der Waals surface area (Å²) in [6.45, 7) is 6.90. The maximum atomic E-state index is 5.97. The Labute approximate surface area is 79.8 Å². The summed E-state index contributed by atoms with van der Waals surface area (Å²) in [6.07, 6.45) is 0.829. The fourth-order valence-electron chi connectivity index (χ4n) is 1.75. The van der Waals surface area contributed by atoms with Crippen LogP contribution >= 0.6 is 0 Å². The average molecular weight is 188 g/mol. The van der Waals surface area contributed by atoms with Crippen LogP contribution in [-0.2, 0) is 9.47 Å². The summed E-state index contributed by atoms with van der Waals surface area (Å²) in [5.41, 5.74) is 5.97. The van der Waals surface area contributed by atoms with Gasteiger partial charge in [-0.25, -0.2) is 0 Å². The number of hydrogen-bond acceptors (Lipinski definition) is 4. The standard InChI is InChI=1S/C9H20N2O2/c1-3-12-9(13-4-2)5-6-11-7-8(9)10/h8,11H,3-7,10H2,1-2H3. The Hall–Kier alpha value is -0.160. The summed E-state index contributed by atoms with van der Waals surface area (Å²) in [5, 5.41) is 3.22. The zero-order valence-electron chi connectivity index (χ0n) is 8.51. The molecule has 1 saturated heterocycles. The maximum absolute atomic E-state index is 5.97. The van der Waals surface area contributed by atoms with Gasteiger partial charge in [-0.1, -0.05) is 0 Å². The minimum Gasteiger partial charge on any atom is -0.349 e. The first-order valence-corrected chi connectivity index (χ1v) is 4.99. The second-order valence-electron chi connectivity index (χ2n) is 3.24. The first kappa shape index (κ1) is 10.9. The molecule has 1 aliphatic rings. The molecule has 3 N–H and O–H groups in total. The Morgan fingerprint density at radius 1 is 1.38 bits per heavy atom. The molecule has 1 aliphatic heterocycles. The minimum absolute atomic E-state index is 0.0684. The van der Waals surface area contributed by atoms with E-state index >= 15 is 0 Å². The smallest absolute Gasteiger partial charge is 0.185 e. The number of hydrogen-bond donors (Lipinski definition) is 2. The maximum Gasteiger partial charge on any atom is 0.185 e. The van der Waals surface area contributed by atoms with Crippen LogP contribution in [0.15, 0.2) is 0 Å². The first-order chi connectivity index (χ1) is 6.25. The zero-order valence-corrected chi connectivity index (χ0v) is 8.51. The lowest BCUT2D eigenvalue weighted by atomic mass is 10.00. The molecule has 0 radical (unpaired) electrons. The zero-order chi connectivity index (χ0) is 9.73. The van der Waals surface area contributed by atoms with Gasteiger partial charge in [0.2, 0.25) is 0 Å². The Balaban J connectivity index is 2.61. The largest absolute Gasteiger partial charge is 0.349 e. The van der Waals surface area contributed by atoms with Crippen molar-refractivity contribution in [3.05, 3.63) is 0 Å². The van der Waals surface area contributed by atoms with E-state index in [0.29, 0.717) is 13.2 Å². The molecule has 0 aliphatic carbocycles. The van der Waals surface area contributed by atoms with Gasteiger partial charge in [0.15, 0.2) is 5.79 Å². The number of nitrogens with one attached hydrogen (secondary N) is 1. The van der Waals surface area contributed by atoms with Gasteiger partial charge in [-0.15, -0.1) is 0 Å². The molecule has 4 heteroatoms. The van der Waals surface area contributed by atoms with E-state index in [1.54, 1.807) is 0 Å². The Morgan fingerprint density at radius 2 is 2.00 bits per heavy atom. The highest BCUT2D eigenvalue weighted by molar-refractivity contribution is 4.89. The molecule has 1 fully saturated rings. The summed E-state index contributed by atoms with van der Waals surface area (Å²) < 4.78 is 11.3. The summed E-state index contributed by atoms with van der Waals surface area (Å²) >= 11 is 0. The third-order valence-electron chi connectivity index (χ3n) is 2.36. The molecular weight excluding hydrogens is 168 g/mol. The molecule has 0 amide bonds. The SMILES string of the molecule is CCOC1(OCC)CCNCC1N. The van der Waals surface area contributed by atoms with E-state index in [4.69, 9.17) is 15.2 Å². The van der Waals surface area contributed by atoms with Crippen molar-refractivity contribution in [2.24, 2.45) is 5.73 Å². The van der Waals surface area contributed by atoms with E-state index in [1.165, 1.54) is 0 Å². The van der Waals surface area contributed by atoms with Gasteiger partial charge in [0.25, 0.3) is 0 Å². The van der Waals surface area contributed by atoms with Gasteiger partial charge < -0.3 is 20.5 Å². The van der Waals surface area contributed by atoms with Crippen LogP contribution in [0.5, 0.6) is 0 Å². The third-order valence-corrected chi connectivity index (χ3v) is 2.36. The van der Waals surface area contributed by atoms with Crippen molar-refractivity contribution < 1.29 is 9.47 Å². The van der Waals surface area contributed by atoms with E-state index < -0.39 is 5.79 Å². The summed E-state index contributed by atoms with van der Waals surface area (Å²) in [5.74, 6) is -0.547. The van der Waals surface area contributed by atoms with Gasteiger partial charge in [-0.05, 0) is 13.8 Å². The van der Waals surface area contributed by atoms with Crippen molar-refractivity contribution in [1.82, 2.24) is 5.32 Å². The number of rotatable bonds is 4. The van der Waals surface area contributed by atoms with Crippen LogP contribution < -0.4 is 11.1 Å². The molecule has 78 valence electrons. The highest BCUT2D eigenvalue weighted by atomic mass is 16.7. The second kappa shape index (κ2) is 4.91. The van der Waals surface area contributed by atoms with Crippen LogP contribution in [0.4, 0.5) is 0 Å². The van der Waals surface area contributed by atoms with Crippen LogP contribution in [0.25, 0.3) is 0 Å². The number of nitrogens with two attached hydrogens (primary N) is 1. The summed E-state index contributed by atoms with van der Waals surface area (Å²) in [6, 6.07) is -0.0684. The minimum atomic E-state index is -0.547. The van der Waals surface area contributed by atoms with E-state index in [1.807, 2.05) is 13.8 Å². The Kier molecular flexibility index (Phi) is 4.12. The molecule has 1 unspecified atom stereocenters. The Morgan fingerprint density at radius 3 is 2.46 bits per heavy atom. The average Bonchev–Trinajstić information content (AvgIpc) is 2.11. The van der Waals surface area contributed by atoms with E-state index in [0.717, 1.165) is 19.5 Å². The fraction of sp³-hybridized carbons (Fsp3) is 1.00. The monoisotopic (exact) mass is 188 g/mol. The van der Waals surface area contributed by atoms with Gasteiger partial charge in [0.1, 0.15) is 0 Å². The van der Waals surface area contributed by atoms with E-state index in [-0.39, 0.29) is 6.04 Å². The van der Waals surface area contributed by atoms with Crippen molar-refractivity contribution >= 4 is 0 Å². The van der Waals surface area contributed by atoms with E-state index in [2.05, 4.69) is 5.32 Å². The third kappa shape index (κ3) is 2.40. The van der Waals surface area contributed by atoms with Crippen molar-refractivity contribution in [2.75, 3.05) is 26.3 Å². The highest BCUT2D eigenvalue weighted by Crippen LogP contribution is 2.23. The molecule has 0 aromatic rings. The summed E-state index contributed by atoms with van der Waals surface area (Å²) in [7, 11) is 0. The lowest BCUT2D eigenvalue weighted by Crippen LogP contribution is -2.61. The molecule has 0 aromatic carbocycles. The second-order valence-corrected chi connectivity index (χ2v) is 3.24. The molecule has 13 heavy (non-hydrogen) atoms. The highest BCUT2D eigenvalue weighted by Gasteiger charge is 2.40.